The Labute approximate surface area is 148 Å². The first kappa shape index (κ1) is 16.1. The van der Waals surface area contributed by atoms with Gasteiger partial charge in [0.15, 0.2) is 0 Å². The van der Waals surface area contributed by atoms with E-state index in [0.717, 1.165) is 61.5 Å². The molecule has 0 amide bonds. The summed E-state index contributed by atoms with van der Waals surface area (Å²) in [5, 5.41) is 7.87. The average molecular weight is 339 g/mol. The smallest absolute Gasteiger partial charge is 0.254 e. The van der Waals surface area contributed by atoms with Gasteiger partial charge in [0.05, 0.1) is 11.6 Å². The summed E-state index contributed by atoms with van der Waals surface area (Å²) in [6, 6.07) is 6.15. The lowest BCUT2D eigenvalue weighted by atomic mass is 9.88. The summed E-state index contributed by atoms with van der Waals surface area (Å²) < 4.78 is 1.59. The fourth-order valence-electron chi connectivity index (χ4n) is 4.08. The lowest BCUT2D eigenvalue weighted by Gasteiger charge is -2.29. The molecule has 1 aromatic heterocycles. The van der Waals surface area contributed by atoms with Crippen LogP contribution >= 0.6 is 0 Å². The first-order valence-corrected chi connectivity index (χ1v) is 9.06. The van der Waals surface area contributed by atoms with Gasteiger partial charge in [0.2, 0.25) is 0 Å². The Morgan fingerprint density at radius 3 is 3.08 bits per heavy atom. The molecule has 0 saturated heterocycles. The molecular weight excluding hydrogens is 314 g/mol. The van der Waals surface area contributed by atoms with Crippen molar-refractivity contribution in [1.82, 2.24) is 14.7 Å². The molecule has 3 heterocycles. The van der Waals surface area contributed by atoms with E-state index in [1.165, 1.54) is 5.56 Å². The number of nitrogens with two attached hydrogens (primary N) is 1. The summed E-state index contributed by atoms with van der Waals surface area (Å²) in [4.78, 5) is 15.7. The molecule has 4 rings (SSSR count). The first-order chi connectivity index (χ1) is 12.1. The van der Waals surface area contributed by atoms with Gasteiger partial charge in [0.25, 0.3) is 5.91 Å². The molecule has 2 aromatic rings. The number of nitrogens with one attached hydrogen (secondary N) is 1. The predicted molar refractivity (Wildman–Crippen MR) is 98.9 cm³/mol. The number of carbonyl (C=O) groups excluding carboxylic acids is 1. The third-order valence-electron chi connectivity index (χ3n) is 5.54. The van der Waals surface area contributed by atoms with Gasteiger partial charge < -0.3 is 11.1 Å². The summed E-state index contributed by atoms with van der Waals surface area (Å²) in [5.41, 5.74) is 11.5. The number of fused-ring (bicyclic) bond motifs is 2. The van der Waals surface area contributed by atoms with Crippen molar-refractivity contribution in [1.29, 1.82) is 0 Å². The number of aryl methyl sites for hydroxylation is 1. The van der Waals surface area contributed by atoms with Gasteiger partial charge in [0.1, 0.15) is 5.82 Å². The molecule has 2 aliphatic heterocycles. The van der Waals surface area contributed by atoms with Crippen molar-refractivity contribution in [2.45, 2.75) is 39.2 Å². The Kier molecular flexibility index (Phi) is 4.00. The molecule has 1 unspecified atom stereocenters. The summed E-state index contributed by atoms with van der Waals surface area (Å²) in [6.45, 7) is 7.70. The molecule has 1 atom stereocenters. The minimum absolute atomic E-state index is 0.0410. The number of nitrogens with zero attached hydrogens (tertiary/aromatic N) is 3. The normalized spacial score (nSPS) is 19.8. The molecule has 0 aliphatic carbocycles. The second kappa shape index (κ2) is 6.19. The zero-order valence-electron chi connectivity index (χ0n) is 14.9. The van der Waals surface area contributed by atoms with Crippen LogP contribution in [0.2, 0.25) is 0 Å². The largest absolute Gasteiger partial charge is 0.385 e. The van der Waals surface area contributed by atoms with Crippen LogP contribution in [-0.4, -0.2) is 40.2 Å². The van der Waals surface area contributed by atoms with Crippen LogP contribution in [-0.2, 0) is 13.0 Å². The van der Waals surface area contributed by atoms with E-state index in [-0.39, 0.29) is 11.8 Å². The molecule has 0 bridgehead atoms. The molecule has 1 aromatic carbocycles. The fourth-order valence-corrected chi connectivity index (χ4v) is 4.08. The Morgan fingerprint density at radius 2 is 2.28 bits per heavy atom. The average Bonchev–Trinajstić information content (AvgIpc) is 2.97. The van der Waals surface area contributed by atoms with E-state index in [0.29, 0.717) is 5.82 Å². The quantitative estimate of drug-likeness (QED) is 0.879. The van der Waals surface area contributed by atoms with Gasteiger partial charge in [-0.1, -0.05) is 25.1 Å². The highest BCUT2D eigenvalue weighted by Crippen LogP contribution is 2.36. The SMILES string of the molecule is CCN1CCc2c(N)nn(C(=O)C3CCNc4c(C)cccc43)c2C1. The molecule has 2 aliphatic rings. The zero-order valence-corrected chi connectivity index (χ0v) is 14.9. The highest BCUT2D eigenvalue weighted by atomic mass is 16.2. The van der Waals surface area contributed by atoms with Crippen molar-refractivity contribution in [3.63, 3.8) is 0 Å². The number of carbonyl (C=O) groups is 1. The number of aromatic nitrogens is 2. The summed E-state index contributed by atoms with van der Waals surface area (Å²) >= 11 is 0. The van der Waals surface area contributed by atoms with Crippen LogP contribution in [0.5, 0.6) is 0 Å². The van der Waals surface area contributed by atoms with Crippen LogP contribution in [0.3, 0.4) is 0 Å². The monoisotopic (exact) mass is 339 g/mol. The second-order valence-electron chi connectivity index (χ2n) is 6.99. The number of hydrogen-bond donors (Lipinski definition) is 2. The highest BCUT2D eigenvalue weighted by Gasteiger charge is 2.32. The van der Waals surface area contributed by atoms with Crippen molar-refractivity contribution in [2.75, 3.05) is 30.7 Å². The van der Waals surface area contributed by atoms with E-state index in [1.54, 1.807) is 4.68 Å². The van der Waals surface area contributed by atoms with Crippen LogP contribution in [0.4, 0.5) is 11.5 Å². The highest BCUT2D eigenvalue weighted by molar-refractivity contribution is 5.89. The molecule has 0 spiro atoms. The van der Waals surface area contributed by atoms with Gasteiger partial charge in [0, 0.05) is 30.9 Å². The molecule has 0 fully saturated rings. The minimum atomic E-state index is -0.170. The van der Waals surface area contributed by atoms with Gasteiger partial charge in [-0.05, 0) is 37.4 Å². The Hall–Kier alpha value is -2.34. The van der Waals surface area contributed by atoms with E-state index in [4.69, 9.17) is 5.73 Å². The molecule has 132 valence electrons. The fraction of sp³-hybridized carbons (Fsp3) is 0.474. The van der Waals surface area contributed by atoms with Gasteiger partial charge in [-0.25, -0.2) is 4.68 Å². The Bertz CT molecular complexity index is 825. The molecule has 0 saturated carbocycles. The number of anilines is 2. The van der Waals surface area contributed by atoms with Gasteiger partial charge in [-0.3, -0.25) is 9.69 Å². The summed E-state index contributed by atoms with van der Waals surface area (Å²) in [7, 11) is 0. The summed E-state index contributed by atoms with van der Waals surface area (Å²) in [5.74, 6) is 0.383. The van der Waals surface area contributed by atoms with Crippen molar-refractivity contribution >= 4 is 17.4 Å². The maximum absolute atomic E-state index is 13.4. The van der Waals surface area contributed by atoms with Crippen LogP contribution in [0, 0.1) is 6.92 Å². The standard InChI is InChI=1S/C19H25N5O/c1-3-23-10-8-15-16(11-23)24(22-18(15)20)19(25)14-7-9-21-17-12(2)5-4-6-13(14)17/h4-6,14,21H,3,7-11H2,1-2H3,(H2,20,22). The third-order valence-corrected chi connectivity index (χ3v) is 5.54. The predicted octanol–water partition coefficient (Wildman–Crippen LogP) is 2.39. The van der Waals surface area contributed by atoms with Crippen LogP contribution in [0.15, 0.2) is 18.2 Å². The Balaban J connectivity index is 1.73. The van der Waals surface area contributed by atoms with Crippen molar-refractivity contribution < 1.29 is 4.79 Å². The van der Waals surface area contributed by atoms with E-state index >= 15 is 0 Å². The molecule has 0 radical (unpaired) electrons. The molecule has 25 heavy (non-hydrogen) atoms. The van der Waals surface area contributed by atoms with Gasteiger partial charge in [-0.15, -0.1) is 5.10 Å². The van der Waals surface area contributed by atoms with E-state index in [2.05, 4.69) is 41.3 Å². The minimum Gasteiger partial charge on any atom is -0.385 e. The lowest BCUT2D eigenvalue weighted by Crippen LogP contribution is -2.34. The Morgan fingerprint density at radius 1 is 1.44 bits per heavy atom. The third kappa shape index (κ3) is 2.61. The van der Waals surface area contributed by atoms with Crippen molar-refractivity contribution in [2.24, 2.45) is 0 Å². The maximum Gasteiger partial charge on any atom is 0.254 e. The number of hydrogen-bond acceptors (Lipinski definition) is 5. The van der Waals surface area contributed by atoms with Gasteiger partial charge >= 0.3 is 0 Å². The van der Waals surface area contributed by atoms with E-state index in [1.807, 2.05) is 6.07 Å². The zero-order chi connectivity index (χ0) is 17.6. The topological polar surface area (TPSA) is 76.2 Å². The van der Waals surface area contributed by atoms with Crippen LogP contribution < -0.4 is 11.1 Å². The number of para-hydroxylation sites is 1. The molecule has 3 N–H and O–H groups in total. The van der Waals surface area contributed by atoms with Crippen LogP contribution in [0.25, 0.3) is 0 Å². The molecular formula is C19H25N5O. The number of nitrogen functional groups attached to an aromatic ring is 1. The second-order valence-corrected chi connectivity index (χ2v) is 6.99. The molecule has 6 heteroatoms. The molecule has 6 nitrogen and oxygen atoms in total. The van der Waals surface area contributed by atoms with Gasteiger partial charge in [-0.2, -0.15) is 0 Å². The number of rotatable bonds is 2. The van der Waals surface area contributed by atoms with Crippen molar-refractivity contribution in [3.05, 3.63) is 40.6 Å². The number of benzene rings is 1. The van der Waals surface area contributed by atoms with Crippen molar-refractivity contribution in [3.8, 4) is 0 Å². The van der Waals surface area contributed by atoms with E-state index < -0.39 is 0 Å². The van der Waals surface area contributed by atoms with E-state index in [9.17, 15) is 4.79 Å². The maximum atomic E-state index is 13.4. The first-order valence-electron chi connectivity index (χ1n) is 9.06. The summed E-state index contributed by atoms with van der Waals surface area (Å²) in [6.07, 6.45) is 1.64. The van der Waals surface area contributed by atoms with Crippen LogP contribution in [0.1, 0.15) is 46.4 Å². The number of likely N-dealkylation sites (N-methyl/N-ethyl adjacent to an activating group) is 1. The lowest BCUT2D eigenvalue weighted by molar-refractivity contribution is 0.0847.